The van der Waals surface area contributed by atoms with Crippen molar-refractivity contribution in [1.29, 1.82) is 0 Å². The minimum atomic E-state index is 0.179. The van der Waals surface area contributed by atoms with Gasteiger partial charge in [-0.15, -0.1) is 0 Å². The van der Waals surface area contributed by atoms with Gasteiger partial charge in [0.1, 0.15) is 18.1 Å². The smallest absolute Gasteiger partial charge is 0.134 e. The maximum atomic E-state index is 10.9. The number of Topliss-reactive ketones (excluding diaryl/α,β-unsaturated/α-hetero) is 1. The number of ether oxygens (including phenoxy) is 1. The lowest BCUT2D eigenvalue weighted by molar-refractivity contribution is -0.116. The van der Waals surface area contributed by atoms with Gasteiger partial charge in [-0.1, -0.05) is 12.1 Å². The fraction of sp³-hybridized carbons (Fsp3) is 0.417. The van der Waals surface area contributed by atoms with Crippen LogP contribution in [-0.4, -0.2) is 26.0 Å². The van der Waals surface area contributed by atoms with Crippen molar-refractivity contribution in [3.63, 3.8) is 0 Å². The zero-order chi connectivity index (χ0) is 11.1. The predicted octanol–water partition coefficient (Wildman–Crippen LogP) is 1.42. The van der Waals surface area contributed by atoms with E-state index in [-0.39, 0.29) is 5.78 Å². The zero-order valence-corrected chi connectivity index (χ0v) is 9.25. The Hall–Kier alpha value is -1.35. The molecule has 0 amide bonds. The molecule has 1 rings (SSSR count). The van der Waals surface area contributed by atoms with Gasteiger partial charge in [-0.2, -0.15) is 0 Å². The van der Waals surface area contributed by atoms with Gasteiger partial charge in [-0.3, -0.25) is 4.79 Å². The third-order valence-corrected chi connectivity index (χ3v) is 2.00. The highest BCUT2D eigenvalue weighted by Crippen LogP contribution is 2.12. The van der Waals surface area contributed by atoms with Crippen molar-refractivity contribution in [2.45, 2.75) is 13.3 Å². The molecule has 0 spiro atoms. The first-order valence-corrected chi connectivity index (χ1v) is 5.08. The van der Waals surface area contributed by atoms with Crippen LogP contribution in [0.4, 0.5) is 0 Å². The Morgan fingerprint density at radius 3 is 2.53 bits per heavy atom. The van der Waals surface area contributed by atoms with Crippen LogP contribution in [0.5, 0.6) is 5.75 Å². The lowest BCUT2D eigenvalue weighted by Gasteiger charge is -2.06. The number of hydrogen-bond donors (Lipinski definition) is 1. The van der Waals surface area contributed by atoms with E-state index in [0.29, 0.717) is 13.0 Å². The number of nitrogens with one attached hydrogen (secondary N) is 1. The van der Waals surface area contributed by atoms with E-state index in [0.717, 1.165) is 17.9 Å². The summed E-state index contributed by atoms with van der Waals surface area (Å²) in [5.74, 6) is 1.02. The van der Waals surface area contributed by atoms with Gasteiger partial charge in [-0.05, 0) is 31.7 Å². The maximum absolute atomic E-state index is 10.9. The Morgan fingerprint density at radius 2 is 2.00 bits per heavy atom. The van der Waals surface area contributed by atoms with Gasteiger partial charge in [0.2, 0.25) is 0 Å². The number of hydrogen-bond acceptors (Lipinski definition) is 3. The maximum Gasteiger partial charge on any atom is 0.134 e. The van der Waals surface area contributed by atoms with Gasteiger partial charge >= 0.3 is 0 Å². The van der Waals surface area contributed by atoms with Gasteiger partial charge in [0.15, 0.2) is 0 Å². The van der Waals surface area contributed by atoms with Crippen molar-refractivity contribution in [3.05, 3.63) is 29.8 Å². The molecule has 0 heterocycles. The van der Waals surface area contributed by atoms with E-state index in [2.05, 4.69) is 5.32 Å². The number of rotatable bonds is 6. The minimum absolute atomic E-state index is 0.179. The van der Waals surface area contributed by atoms with Crippen molar-refractivity contribution in [1.82, 2.24) is 5.32 Å². The third-order valence-electron chi connectivity index (χ3n) is 2.00. The molecule has 3 nitrogen and oxygen atoms in total. The van der Waals surface area contributed by atoms with E-state index in [9.17, 15) is 4.79 Å². The lowest BCUT2D eigenvalue weighted by Crippen LogP contribution is -2.15. The Labute approximate surface area is 90.4 Å². The van der Waals surface area contributed by atoms with Gasteiger partial charge in [0.25, 0.3) is 0 Å². The molecule has 0 aliphatic heterocycles. The second kappa shape index (κ2) is 6.19. The van der Waals surface area contributed by atoms with Crippen molar-refractivity contribution >= 4 is 5.78 Å². The van der Waals surface area contributed by atoms with Gasteiger partial charge < -0.3 is 10.1 Å². The second-order valence-corrected chi connectivity index (χ2v) is 3.47. The highest BCUT2D eigenvalue weighted by Gasteiger charge is 1.98. The topological polar surface area (TPSA) is 38.3 Å². The van der Waals surface area contributed by atoms with E-state index in [1.54, 1.807) is 6.92 Å². The second-order valence-electron chi connectivity index (χ2n) is 3.47. The molecular formula is C12H17NO2. The molecule has 1 aromatic rings. The average molecular weight is 207 g/mol. The molecule has 0 aromatic heterocycles. The van der Waals surface area contributed by atoms with Crippen molar-refractivity contribution in [3.8, 4) is 5.75 Å². The molecule has 0 unspecified atom stereocenters. The molecular weight excluding hydrogens is 190 g/mol. The quantitative estimate of drug-likeness (QED) is 0.717. The normalized spacial score (nSPS) is 10.0. The summed E-state index contributed by atoms with van der Waals surface area (Å²) < 4.78 is 5.46. The van der Waals surface area contributed by atoms with Crippen LogP contribution in [0.15, 0.2) is 24.3 Å². The van der Waals surface area contributed by atoms with Crippen LogP contribution in [0.2, 0.25) is 0 Å². The molecule has 3 heteroatoms. The van der Waals surface area contributed by atoms with E-state index in [1.165, 1.54) is 0 Å². The standard InChI is InChI=1S/C12H17NO2/c1-10(14)9-11-3-5-12(6-4-11)15-8-7-13-2/h3-6,13H,7-9H2,1-2H3. The first-order chi connectivity index (χ1) is 7.22. The number of carbonyl (C=O) groups excluding carboxylic acids is 1. The summed E-state index contributed by atoms with van der Waals surface area (Å²) in [5, 5.41) is 3.01. The predicted molar refractivity (Wildman–Crippen MR) is 60.2 cm³/mol. The van der Waals surface area contributed by atoms with E-state index < -0.39 is 0 Å². The molecule has 82 valence electrons. The SMILES string of the molecule is CNCCOc1ccc(CC(C)=O)cc1. The first kappa shape index (κ1) is 11.7. The van der Waals surface area contributed by atoms with Crippen molar-refractivity contribution in [2.75, 3.05) is 20.2 Å². The van der Waals surface area contributed by atoms with Crippen LogP contribution in [0.1, 0.15) is 12.5 Å². The third kappa shape index (κ3) is 4.61. The van der Waals surface area contributed by atoms with Crippen LogP contribution in [0, 0.1) is 0 Å². The van der Waals surface area contributed by atoms with E-state index in [4.69, 9.17) is 4.74 Å². The Balaban J connectivity index is 2.45. The lowest BCUT2D eigenvalue weighted by atomic mass is 10.1. The van der Waals surface area contributed by atoms with Crippen LogP contribution in [0.25, 0.3) is 0 Å². The molecule has 1 N–H and O–H groups in total. The first-order valence-electron chi connectivity index (χ1n) is 5.08. The van der Waals surface area contributed by atoms with Gasteiger partial charge in [-0.25, -0.2) is 0 Å². The van der Waals surface area contributed by atoms with Gasteiger partial charge in [0.05, 0.1) is 0 Å². The number of benzene rings is 1. The zero-order valence-electron chi connectivity index (χ0n) is 9.25. The summed E-state index contributed by atoms with van der Waals surface area (Å²) >= 11 is 0. The van der Waals surface area contributed by atoms with Crippen LogP contribution < -0.4 is 10.1 Å². The number of ketones is 1. The van der Waals surface area contributed by atoms with Crippen LogP contribution >= 0.6 is 0 Å². The number of likely N-dealkylation sites (N-methyl/N-ethyl adjacent to an activating group) is 1. The van der Waals surface area contributed by atoms with Gasteiger partial charge in [0, 0.05) is 13.0 Å². The fourth-order valence-corrected chi connectivity index (χ4v) is 1.26. The molecule has 0 saturated carbocycles. The molecule has 0 atom stereocenters. The summed E-state index contributed by atoms with van der Waals surface area (Å²) in [6.07, 6.45) is 0.497. The molecule has 0 bridgehead atoms. The summed E-state index contributed by atoms with van der Waals surface area (Å²) in [7, 11) is 1.89. The summed E-state index contributed by atoms with van der Waals surface area (Å²) in [6, 6.07) is 7.65. The molecule has 15 heavy (non-hydrogen) atoms. The highest BCUT2D eigenvalue weighted by molar-refractivity contribution is 5.78. The Kier molecular flexibility index (Phi) is 4.84. The summed E-state index contributed by atoms with van der Waals surface area (Å²) in [5.41, 5.74) is 1.03. The molecule has 1 aromatic carbocycles. The average Bonchev–Trinajstić information content (AvgIpc) is 2.20. The Morgan fingerprint density at radius 1 is 1.33 bits per heavy atom. The van der Waals surface area contributed by atoms with Crippen molar-refractivity contribution in [2.24, 2.45) is 0 Å². The summed E-state index contributed by atoms with van der Waals surface area (Å²) in [4.78, 5) is 10.9. The van der Waals surface area contributed by atoms with E-state index in [1.807, 2.05) is 31.3 Å². The summed E-state index contributed by atoms with van der Waals surface area (Å²) in [6.45, 7) is 3.08. The van der Waals surface area contributed by atoms with Crippen LogP contribution in [0.3, 0.4) is 0 Å². The molecule has 0 saturated heterocycles. The monoisotopic (exact) mass is 207 g/mol. The largest absolute Gasteiger partial charge is 0.492 e. The minimum Gasteiger partial charge on any atom is -0.492 e. The Bertz CT molecular complexity index is 306. The fourth-order valence-electron chi connectivity index (χ4n) is 1.26. The molecule has 0 aliphatic rings. The highest BCUT2D eigenvalue weighted by atomic mass is 16.5. The molecule has 0 radical (unpaired) electrons. The molecule has 0 fully saturated rings. The van der Waals surface area contributed by atoms with E-state index >= 15 is 0 Å². The molecule has 0 aliphatic carbocycles. The van der Waals surface area contributed by atoms with Crippen LogP contribution in [-0.2, 0) is 11.2 Å². The number of carbonyl (C=O) groups is 1. The van der Waals surface area contributed by atoms with Crippen molar-refractivity contribution < 1.29 is 9.53 Å².